The van der Waals surface area contributed by atoms with Crippen LogP contribution in [0.5, 0.6) is 5.75 Å². The number of carbonyl (C=O) groups is 1. The van der Waals surface area contributed by atoms with Crippen LogP contribution >= 0.6 is 0 Å². The second kappa shape index (κ2) is 5.69. The summed E-state index contributed by atoms with van der Waals surface area (Å²) in [5, 5.41) is 3.05. The number of methoxy groups -OCH3 is 1. The zero-order chi connectivity index (χ0) is 16.5. The minimum absolute atomic E-state index is 0.00276. The maximum Gasteiger partial charge on any atom is 0.270 e. The highest BCUT2D eigenvalue weighted by Gasteiger charge is 2.61. The molecule has 1 unspecified atom stereocenters. The van der Waals surface area contributed by atoms with Gasteiger partial charge < -0.3 is 10.1 Å². The van der Waals surface area contributed by atoms with Crippen molar-refractivity contribution in [2.24, 2.45) is 5.41 Å². The van der Waals surface area contributed by atoms with Gasteiger partial charge in [-0.2, -0.15) is 0 Å². The molecular formula is C19H22N2O2. The van der Waals surface area contributed by atoms with E-state index < -0.39 is 0 Å². The number of aromatic nitrogens is 1. The van der Waals surface area contributed by atoms with Crippen LogP contribution in [0.2, 0.25) is 0 Å². The average molecular weight is 310 g/mol. The van der Waals surface area contributed by atoms with Gasteiger partial charge in [-0.15, -0.1) is 0 Å². The Morgan fingerprint density at radius 2 is 1.96 bits per heavy atom. The maximum atomic E-state index is 12.4. The van der Waals surface area contributed by atoms with E-state index in [0.29, 0.717) is 18.0 Å². The zero-order valence-electron chi connectivity index (χ0n) is 13.8. The van der Waals surface area contributed by atoms with Crippen LogP contribution in [0.15, 0.2) is 48.7 Å². The van der Waals surface area contributed by atoms with Crippen LogP contribution in [0.1, 0.15) is 36.3 Å². The average Bonchev–Trinajstić information content (AvgIpc) is 3.16. The topological polar surface area (TPSA) is 51.2 Å². The van der Waals surface area contributed by atoms with Gasteiger partial charge in [-0.3, -0.25) is 9.78 Å². The molecule has 1 aromatic heterocycles. The van der Waals surface area contributed by atoms with Crippen molar-refractivity contribution in [3.05, 3.63) is 59.9 Å². The van der Waals surface area contributed by atoms with E-state index in [9.17, 15) is 4.79 Å². The van der Waals surface area contributed by atoms with Crippen molar-refractivity contribution in [3.8, 4) is 5.75 Å². The highest BCUT2D eigenvalue weighted by molar-refractivity contribution is 5.92. The van der Waals surface area contributed by atoms with Crippen molar-refractivity contribution in [3.63, 3.8) is 0 Å². The molecule has 1 fully saturated rings. The van der Waals surface area contributed by atoms with Crippen LogP contribution in [0.25, 0.3) is 0 Å². The molecule has 1 aliphatic carbocycles. The molecule has 120 valence electrons. The van der Waals surface area contributed by atoms with Crippen molar-refractivity contribution < 1.29 is 9.53 Å². The van der Waals surface area contributed by atoms with Crippen LogP contribution in [0.4, 0.5) is 0 Å². The van der Waals surface area contributed by atoms with Crippen molar-refractivity contribution in [2.45, 2.75) is 25.7 Å². The number of rotatable bonds is 5. The first-order valence-corrected chi connectivity index (χ1v) is 7.82. The van der Waals surface area contributed by atoms with Crippen molar-refractivity contribution in [1.82, 2.24) is 10.3 Å². The lowest BCUT2D eigenvalue weighted by Gasteiger charge is -2.21. The molecule has 23 heavy (non-hydrogen) atoms. The molecule has 1 atom stereocenters. The second-order valence-corrected chi connectivity index (χ2v) is 6.77. The van der Waals surface area contributed by atoms with Gasteiger partial charge >= 0.3 is 0 Å². The molecule has 1 heterocycles. The molecule has 1 amide bonds. The second-order valence-electron chi connectivity index (χ2n) is 6.77. The Morgan fingerprint density at radius 3 is 2.57 bits per heavy atom. The van der Waals surface area contributed by atoms with Crippen LogP contribution in [0, 0.1) is 5.41 Å². The standard InChI is InChI=1S/C19H22N2O2/c1-18(2)12-19(18,14-7-5-4-6-8-14)13-21-17(22)16-11-15(23-3)9-10-20-16/h4-11H,12-13H2,1-3H3,(H,21,22). The molecule has 1 aliphatic rings. The summed E-state index contributed by atoms with van der Waals surface area (Å²) in [5.74, 6) is 0.469. The molecule has 1 saturated carbocycles. The lowest BCUT2D eigenvalue weighted by molar-refractivity contribution is 0.0942. The van der Waals surface area contributed by atoms with Gasteiger partial charge in [0.25, 0.3) is 5.91 Å². The molecular weight excluding hydrogens is 288 g/mol. The van der Waals surface area contributed by atoms with Gasteiger partial charge in [-0.25, -0.2) is 0 Å². The molecule has 0 spiro atoms. The highest BCUT2D eigenvalue weighted by atomic mass is 16.5. The number of pyridine rings is 1. The zero-order valence-corrected chi connectivity index (χ0v) is 13.8. The van der Waals surface area contributed by atoms with Crippen LogP contribution in [-0.4, -0.2) is 24.5 Å². The van der Waals surface area contributed by atoms with E-state index in [-0.39, 0.29) is 16.7 Å². The van der Waals surface area contributed by atoms with Gasteiger partial charge in [-0.1, -0.05) is 44.2 Å². The molecule has 2 aromatic rings. The summed E-state index contributed by atoms with van der Waals surface area (Å²) in [4.78, 5) is 16.5. The molecule has 0 bridgehead atoms. The first kappa shape index (κ1) is 15.5. The number of benzene rings is 1. The van der Waals surface area contributed by atoms with E-state index in [2.05, 4.69) is 48.4 Å². The lowest BCUT2D eigenvalue weighted by Crippen LogP contribution is -2.35. The van der Waals surface area contributed by atoms with Crippen LogP contribution in [0.3, 0.4) is 0 Å². The first-order valence-electron chi connectivity index (χ1n) is 7.82. The Hall–Kier alpha value is -2.36. The third-order valence-electron chi connectivity index (χ3n) is 4.99. The number of ether oxygens (including phenoxy) is 1. The molecule has 3 rings (SSSR count). The molecule has 4 nitrogen and oxygen atoms in total. The molecule has 0 radical (unpaired) electrons. The summed E-state index contributed by atoms with van der Waals surface area (Å²) in [6.45, 7) is 5.10. The Labute approximate surface area is 136 Å². The number of nitrogens with zero attached hydrogens (tertiary/aromatic N) is 1. The van der Waals surface area contributed by atoms with Crippen molar-refractivity contribution in [2.75, 3.05) is 13.7 Å². The Balaban J connectivity index is 1.75. The van der Waals surface area contributed by atoms with Gasteiger partial charge in [0.05, 0.1) is 7.11 Å². The van der Waals surface area contributed by atoms with Gasteiger partial charge in [0.2, 0.25) is 0 Å². The summed E-state index contributed by atoms with van der Waals surface area (Å²) < 4.78 is 5.15. The largest absolute Gasteiger partial charge is 0.497 e. The SMILES string of the molecule is COc1ccnc(C(=O)NCC2(c3ccccc3)CC2(C)C)c1. The summed E-state index contributed by atoms with van der Waals surface area (Å²) in [7, 11) is 1.58. The molecule has 0 aliphatic heterocycles. The van der Waals surface area contributed by atoms with Crippen molar-refractivity contribution in [1.29, 1.82) is 0 Å². The lowest BCUT2D eigenvalue weighted by atomic mass is 9.88. The number of hydrogen-bond acceptors (Lipinski definition) is 3. The first-order chi connectivity index (χ1) is 11.0. The predicted molar refractivity (Wildman–Crippen MR) is 89.6 cm³/mol. The molecule has 0 saturated heterocycles. The summed E-state index contributed by atoms with van der Waals surface area (Å²) >= 11 is 0. The maximum absolute atomic E-state index is 12.4. The van der Waals surface area contributed by atoms with E-state index in [1.165, 1.54) is 5.56 Å². The molecule has 4 heteroatoms. The summed E-state index contributed by atoms with van der Waals surface area (Å²) in [5.41, 5.74) is 1.85. The van der Waals surface area contributed by atoms with Crippen molar-refractivity contribution >= 4 is 5.91 Å². The molecule has 1 N–H and O–H groups in total. The van der Waals surface area contributed by atoms with Gasteiger partial charge in [0, 0.05) is 24.2 Å². The minimum Gasteiger partial charge on any atom is -0.497 e. The van der Waals surface area contributed by atoms with E-state index in [4.69, 9.17) is 4.74 Å². The van der Waals surface area contributed by atoms with E-state index in [1.54, 1.807) is 25.4 Å². The van der Waals surface area contributed by atoms with Gasteiger partial charge in [0.15, 0.2) is 0 Å². The Morgan fingerprint density at radius 1 is 1.26 bits per heavy atom. The monoisotopic (exact) mass is 310 g/mol. The fourth-order valence-corrected chi connectivity index (χ4v) is 3.35. The summed E-state index contributed by atoms with van der Waals surface area (Å²) in [6.07, 6.45) is 2.65. The fourth-order valence-electron chi connectivity index (χ4n) is 3.35. The van der Waals surface area contributed by atoms with E-state index in [0.717, 1.165) is 6.42 Å². The predicted octanol–water partition coefficient (Wildman–Crippen LogP) is 3.19. The number of carbonyl (C=O) groups excluding carboxylic acids is 1. The highest BCUT2D eigenvalue weighted by Crippen LogP contribution is 2.63. The quantitative estimate of drug-likeness (QED) is 0.923. The van der Waals surface area contributed by atoms with E-state index >= 15 is 0 Å². The smallest absolute Gasteiger partial charge is 0.270 e. The van der Waals surface area contributed by atoms with Crippen LogP contribution < -0.4 is 10.1 Å². The summed E-state index contributed by atoms with van der Waals surface area (Å²) in [6, 6.07) is 13.8. The molecule has 1 aromatic carbocycles. The third kappa shape index (κ3) is 2.81. The number of hydrogen-bond donors (Lipinski definition) is 1. The van der Waals surface area contributed by atoms with Gasteiger partial charge in [0.1, 0.15) is 11.4 Å². The third-order valence-corrected chi connectivity index (χ3v) is 4.99. The normalized spacial score (nSPS) is 21.5. The Kier molecular flexibility index (Phi) is 3.84. The minimum atomic E-state index is -0.165. The fraction of sp³-hybridized carbons (Fsp3) is 0.368. The van der Waals surface area contributed by atoms with Gasteiger partial charge in [-0.05, 0) is 23.5 Å². The number of nitrogens with one attached hydrogen (secondary N) is 1. The number of amides is 1. The van der Waals surface area contributed by atoms with E-state index in [1.807, 2.05) is 6.07 Å². The Bertz CT molecular complexity index is 712. The van der Waals surface area contributed by atoms with Crippen LogP contribution in [-0.2, 0) is 5.41 Å².